The lowest BCUT2D eigenvalue weighted by Gasteiger charge is -2.24. The molecule has 0 aromatic heterocycles. The highest BCUT2D eigenvalue weighted by atomic mass is 16.5. The van der Waals surface area contributed by atoms with E-state index in [1.165, 1.54) is 0 Å². The summed E-state index contributed by atoms with van der Waals surface area (Å²) in [5, 5.41) is 9.13. The zero-order chi connectivity index (χ0) is 14.7. The Labute approximate surface area is 118 Å². The second-order valence-corrected chi connectivity index (χ2v) is 5.06. The number of hydrogen-bond acceptors (Lipinski definition) is 3. The highest BCUT2D eigenvalue weighted by Gasteiger charge is 2.38. The van der Waals surface area contributed by atoms with E-state index in [4.69, 9.17) is 9.84 Å². The van der Waals surface area contributed by atoms with Crippen molar-refractivity contribution in [3.63, 3.8) is 0 Å². The summed E-state index contributed by atoms with van der Waals surface area (Å²) in [6.45, 7) is 2.65. The minimum atomic E-state index is -0.835. The van der Waals surface area contributed by atoms with Crippen LogP contribution in [0.2, 0.25) is 0 Å². The van der Waals surface area contributed by atoms with E-state index < -0.39 is 11.9 Å². The van der Waals surface area contributed by atoms with Gasteiger partial charge in [0.1, 0.15) is 0 Å². The van der Waals surface area contributed by atoms with Crippen molar-refractivity contribution >= 4 is 11.9 Å². The van der Waals surface area contributed by atoms with Crippen molar-refractivity contribution in [3.05, 3.63) is 35.4 Å². The summed E-state index contributed by atoms with van der Waals surface area (Å²) >= 11 is 0. The predicted octanol–water partition coefficient (Wildman–Crippen LogP) is 1.77. The molecular weight excluding hydrogens is 258 g/mol. The second kappa shape index (κ2) is 6.05. The Morgan fingerprint density at radius 2 is 2.10 bits per heavy atom. The van der Waals surface area contributed by atoms with Gasteiger partial charge in [-0.05, 0) is 25.0 Å². The average Bonchev–Trinajstić information content (AvgIpc) is 2.81. The number of hydrogen-bond donors (Lipinski definition) is 1. The summed E-state index contributed by atoms with van der Waals surface area (Å²) in [6.07, 6.45) is 0.509. The van der Waals surface area contributed by atoms with Crippen LogP contribution >= 0.6 is 0 Å². The van der Waals surface area contributed by atoms with Crippen LogP contribution in [0.25, 0.3) is 0 Å². The van der Waals surface area contributed by atoms with Crippen LogP contribution in [0.15, 0.2) is 24.3 Å². The first kappa shape index (κ1) is 14.5. The normalized spacial score (nSPS) is 22.0. The topological polar surface area (TPSA) is 66.8 Å². The molecule has 1 fully saturated rings. The van der Waals surface area contributed by atoms with Crippen LogP contribution in [0, 0.1) is 5.92 Å². The van der Waals surface area contributed by atoms with E-state index in [1.54, 1.807) is 25.0 Å². The minimum Gasteiger partial charge on any atom is -0.481 e. The molecule has 1 aromatic rings. The maximum atomic E-state index is 12.6. The van der Waals surface area contributed by atoms with Crippen LogP contribution in [0.5, 0.6) is 0 Å². The number of aliphatic carboxylic acids is 1. The van der Waals surface area contributed by atoms with E-state index in [0.29, 0.717) is 25.1 Å². The molecule has 0 aliphatic carbocycles. The third-order valence-corrected chi connectivity index (χ3v) is 3.88. The molecule has 108 valence electrons. The molecule has 1 aliphatic rings. The SMILES string of the molecule is COCc1ccccc1C(=O)N1CCC(C(=O)O)C1C. The third kappa shape index (κ3) is 2.67. The fourth-order valence-corrected chi connectivity index (χ4v) is 2.72. The van der Waals surface area contributed by atoms with Gasteiger partial charge in [0.2, 0.25) is 0 Å². The number of carboxylic acid groups (broad SMARTS) is 1. The lowest BCUT2D eigenvalue weighted by molar-refractivity contribution is -0.142. The van der Waals surface area contributed by atoms with Gasteiger partial charge in [-0.3, -0.25) is 9.59 Å². The first-order chi connectivity index (χ1) is 9.56. The van der Waals surface area contributed by atoms with Crippen molar-refractivity contribution in [2.24, 2.45) is 5.92 Å². The quantitative estimate of drug-likeness (QED) is 0.910. The number of carbonyl (C=O) groups is 2. The molecule has 1 aromatic carbocycles. The maximum Gasteiger partial charge on any atom is 0.308 e. The van der Waals surface area contributed by atoms with Gasteiger partial charge >= 0.3 is 5.97 Å². The molecular formula is C15H19NO4. The van der Waals surface area contributed by atoms with E-state index >= 15 is 0 Å². The van der Waals surface area contributed by atoms with Gasteiger partial charge in [0.05, 0.1) is 12.5 Å². The Morgan fingerprint density at radius 3 is 2.70 bits per heavy atom. The first-order valence-corrected chi connectivity index (χ1v) is 6.67. The Morgan fingerprint density at radius 1 is 1.40 bits per heavy atom. The lowest BCUT2D eigenvalue weighted by Crippen LogP contribution is -2.38. The van der Waals surface area contributed by atoms with Gasteiger partial charge in [0, 0.05) is 25.3 Å². The zero-order valence-corrected chi connectivity index (χ0v) is 11.7. The number of methoxy groups -OCH3 is 1. The molecule has 0 bridgehead atoms. The Bertz CT molecular complexity index is 514. The predicted molar refractivity (Wildman–Crippen MR) is 73.4 cm³/mol. The van der Waals surface area contributed by atoms with Gasteiger partial charge in [-0.1, -0.05) is 18.2 Å². The molecule has 1 N–H and O–H groups in total. The van der Waals surface area contributed by atoms with Gasteiger partial charge in [-0.15, -0.1) is 0 Å². The van der Waals surface area contributed by atoms with Crippen molar-refractivity contribution in [3.8, 4) is 0 Å². The summed E-state index contributed by atoms with van der Waals surface area (Å²) < 4.78 is 5.10. The molecule has 2 atom stereocenters. The molecule has 1 aliphatic heterocycles. The monoisotopic (exact) mass is 277 g/mol. The molecule has 0 radical (unpaired) electrons. The highest BCUT2D eigenvalue weighted by Crippen LogP contribution is 2.27. The molecule has 2 rings (SSSR count). The summed E-state index contributed by atoms with van der Waals surface area (Å²) in [6, 6.07) is 7.00. The molecule has 2 unspecified atom stereocenters. The third-order valence-electron chi connectivity index (χ3n) is 3.88. The number of benzene rings is 1. The first-order valence-electron chi connectivity index (χ1n) is 6.67. The van der Waals surface area contributed by atoms with Crippen molar-refractivity contribution in [2.45, 2.75) is 26.0 Å². The average molecular weight is 277 g/mol. The molecule has 0 spiro atoms. The highest BCUT2D eigenvalue weighted by molar-refractivity contribution is 5.96. The van der Waals surface area contributed by atoms with E-state index in [-0.39, 0.29) is 11.9 Å². The standard InChI is InChI=1S/C15H19NO4/c1-10-12(15(18)19)7-8-16(10)14(17)13-6-4-3-5-11(13)9-20-2/h3-6,10,12H,7-9H2,1-2H3,(H,18,19). The molecule has 1 amide bonds. The van der Waals surface area contributed by atoms with E-state index in [2.05, 4.69) is 0 Å². The van der Waals surface area contributed by atoms with Crippen molar-refractivity contribution < 1.29 is 19.4 Å². The van der Waals surface area contributed by atoms with Crippen LogP contribution < -0.4 is 0 Å². The number of carboxylic acids is 1. The van der Waals surface area contributed by atoms with Gasteiger partial charge in [-0.25, -0.2) is 0 Å². The van der Waals surface area contributed by atoms with Crippen LogP contribution in [0.4, 0.5) is 0 Å². The lowest BCUT2D eigenvalue weighted by atomic mass is 10.0. The fourth-order valence-electron chi connectivity index (χ4n) is 2.72. The summed E-state index contributed by atoms with van der Waals surface area (Å²) in [7, 11) is 1.58. The van der Waals surface area contributed by atoms with Gasteiger partial charge in [0.15, 0.2) is 0 Å². The van der Waals surface area contributed by atoms with E-state index in [9.17, 15) is 9.59 Å². The van der Waals surface area contributed by atoms with Crippen LogP contribution in [-0.4, -0.2) is 41.6 Å². The van der Waals surface area contributed by atoms with Crippen LogP contribution in [0.1, 0.15) is 29.3 Å². The number of amides is 1. The summed E-state index contributed by atoms with van der Waals surface area (Å²) in [5.41, 5.74) is 1.42. The van der Waals surface area contributed by atoms with Crippen molar-refractivity contribution in [2.75, 3.05) is 13.7 Å². The molecule has 5 heteroatoms. The van der Waals surface area contributed by atoms with Crippen LogP contribution in [-0.2, 0) is 16.1 Å². The smallest absolute Gasteiger partial charge is 0.308 e. The fraction of sp³-hybridized carbons (Fsp3) is 0.467. The largest absolute Gasteiger partial charge is 0.481 e. The molecule has 20 heavy (non-hydrogen) atoms. The zero-order valence-electron chi connectivity index (χ0n) is 11.7. The molecule has 1 saturated heterocycles. The van der Waals surface area contributed by atoms with E-state index in [1.807, 2.05) is 18.2 Å². The number of nitrogens with zero attached hydrogens (tertiary/aromatic N) is 1. The summed E-state index contributed by atoms with van der Waals surface area (Å²) in [4.78, 5) is 25.4. The molecule has 1 heterocycles. The van der Waals surface area contributed by atoms with Gasteiger partial charge in [0.25, 0.3) is 5.91 Å². The number of ether oxygens (including phenoxy) is 1. The second-order valence-electron chi connectivity index (χ2n) is 5.06. The Balaban J connectivity index is 2.22. The van der Waals surface area contributed by atoms with E-state index in [0.717, 1.165) is 5.56 Å². The summed E-state index contributed by atoms with van der Waals surface area (Å²) in [5.74, 6) is -1.43. The molecule has 5 nitrogen and oxygen atoms in total. The Hall–Kier alpha value is -1.88. The van der Waals surface area contributed by atoms with Gasteiger partial charge in [-0.2, -0.15) is 0 Å². The Kier molecular flexibility index (Phi) is 4.39. The maximum absolute atomic E-state index is 12.6. The minimum absolute atomic E-state index is 0.117. The number of likely N-dealkylation sites (tertiary alicyclic amines) is 1. The van der Waals surface area contributed by atoms with Crippen molar-refractivity contribution in [1.82, 2.24) is 4.90 Å². The number of rotatable bonds is 4. The number of carbonyl (C=O) groups excluding carboxylic acids is 1. The van der Waals surface area contributed by atoms with Gasteiger partial charge < -0.3 is 14.7 Å². The van der Waals surface area contributed by atoms with Crippen molar-refractivity contribution in [1.29, 1.82) is 0 Å². The molecule has 0 saturated carbocycles. The van der Waals surface area contributed by atoms with Crippen LogP contribution in [0.3, 0.4) is 0 Å².